The van der Waals surface area contributed by atoms with Crippen molar-refractivity contribution in [3.63, 3.8) is 0 Å². The van der Waals surface area contributed by atoms with Gasteiger partial charge in [0.2, 0.25) is 0 Å². The van der Waals surface area contributed by atoms with Crippen molar-refractivity contribution < 1.29 is 5.21 Å². The van der Waals surface area contributed by atoms with E-state index in [9.17, 15) is 0 Å². The highest BCUT2D eigenvalue weighted by atomic mass is 16.6. The SMILES string of the molecule is CN(Cc1ccccc1)N(N)O. The molecular formula is C8H13N3O. The van der Waals surface area contributed by atoms with Crippen LogP contribution in [0.2, 0.25) is 0 Å². The fourth-order valence-electron chi connectivity index (χ4n) is 0.920. The molecule has 1 aromatic rings. The molecule has 0 radical (unpaired) electrons. The van der Waals surface area contributed by atoms with Gasteiger partial charge in [-0.05, 0) is 5.56 Å². The number of hydrazine groups is 2. The number of rotatable bonds is 3. The van der Waals surface area contributed by atoms with Crippen molar-refractivity contribution >= 4 is 0 Å². The summed E-state index contributed by atoms with van der Waals surface area (Å²) >= 11 is 0. The van der Waals surface area contributed by atoms with Crippen molar-refractivity contribution in [1.29, 1.82) is 0 Å². The summed E-state index contributed by atoms with van der Waals surface area (Å²) in [6, 6.07) is 9.78. The van der Waals surface area contributed by atoms with Gasteiger partial charge in [-0.1, -0.05) is 35.6 Å². The van der Waals surface area contributed by atoms with Crippen molar-refractivity contribution in [2.75, 3.05) is 7.05 Å². The first-order valence-electron chi connectivity index (χ1n) is 3.69. The van der Waals surface area contributed by atoms with E-state index in [0.717, 1.165) is 5.56 Å². The van der Waals surface area contributed by atoms with Gasteiger partial charge in [0.15, 0.2) is 0 Å². The van der Waals surface area contributed by atoms with Gasteiger partial charge in [0.25, 0.3) is 0 Å². The van der Waals surface area contributed by atoms with Crippen LogP contribution in [0.3, 0.4) is 0 Å². The van der Waals surface area contributed by atoms with Crippen LogP contribution in [0, 0.1) is 0 Å². The smallest absolute Gasteiger partial charge is 0.0417 e. The van der Waals surface area contributed by atoms with E-state index < -0.39 is 0 Å². The quantitative estimate of drug-likeness (QED) is 0.511. The molecule has 0 aromatic heterocycles. The second kappa shape index (κ2) is 4.18. The highest BCUT2D eigenvalue weighted by Gasteiger charge is 2.02. The summed E-state index contributed by atoms with van der Waals surface area (Å²) in [5, 5.41) is 10.9. The van der Waals surface area contributed by atoms with Gasteiger partial charge in [0.05, 0.1) is 0 Å². The average Bonchev–Trinajstić information content (AvgIpc) is 2.06. The highest BCUT2D eigenvalue weighted by Crippen LogP contribution is 2.01. The maximum Gasteiger partial charge on any atom is 0.0417 e. The van der Waals surface area contributed by atoms with Gasteiger partial charge >= 0.3 is 0 Å². The van der Waals surface area contributed by atoms with E-state index in [-0.39, 0.29) is 0 Å². The highest BCUT2D eigenvalue weighted by molar-refractivity contribution is 5.13. The Balaban J connectivity index is 2.53. The molecule has 0 atom stereocenters. The summed E-state index contributed by atoms with van der Waals surface area (Å²) in [6.45, 7) is 0.591. The minimum atomic E-state index is 0.576. The molecule has 0 fully saturated rings. The van der Waals surface area contributed by atoms with E-state index in [4.69, 9.17) is 11.0 Å². The molecule has 4 nitrogen and oxygen atoms in total. The van der Waals surface area contributed by atoms with Crippen LogP contribution < -0.4 is 5.84 Å². The van der Waals surface area contributed by atoms with Crippen molar-refractivity contribution in [1.82, 2.24) is 10.3 Å². The molecule has 4 heteroatoms. The van der Waals surface area contributed by atoms with Crippen LogP contribution in [0.15, 0.2) is 30.3 Å². The van der Waals surface area contributed by atoms with Gasteiger partial charge in [0, 0.05) is 13.6 Å². The molecule has 1 rings (SSSR count). The zero-order valence-electron chi connectivity index (χ0n) is 7.01. The molecule has 12 heavy (non-hydrogen) atoms. The molecule has 0 amide bonds. The lowest BCUT2D eigenvalue weighted by Crippen LogP contribution is -2.41. The third-order valence-electron chi connectivity index (χ3n) is 1.60. The molecule has 3 N–H and O–H groups in total. The zero-order valence-corrected chi connectivity index (χ0v) is 7.01. The summed E-state index contributed by atoms with van der Waals surface area (Å²) in [6.07, 6.45) is 0. The first-order chi connectivity index (χ1) is 5.70. The molecule has 0 aliphatic rings. The van der Waals surface area contributed by atoms with Gasteiger partial charge in [-0.2, -0.15) is 0 Å². The van der Waals surface area contributed by atoms with Gasteiger partial charge in [-0.3, -0.25) is 5.21 Å². The summed E-state index contributed by atoms with van der Waals surface area (Å²) in [7, 11) is 1.70. The molecule has 0 spiro atoms. The summed E-state index contributed by atoms with van der Waals surface area (Å²) in [4.78, 5) is 0. The molecule has 1 aromatic carbocycles. The first kappa shape index (κ1) is 9.15. The van der Waals surface area contributed by atoms with Gasteiger partial charge in [0.1, 0.15) is 0 Å². The third-order valence-corrected chi connectivity index (χ3v) is 1.60. The van der Waals surface area contributed by atoms with Gasteiger partial charge < -0.3 is 0 Å². The predicted octanol–water partition coefficient (Wildman–Crippen LogP) is 0.598. The van der Waals surface area contributed by atoms with Gasteiger partial charge in [-0.25, -0.2) is 10.9 Å². The Morgan fingerprint density at radius 3 is 2.42 bits per heavy atom. The summed E-state index contributed by atoms with van der Waals surface area (Å²) < 4.78 is 0. The lowest BCUT2D eigenvalue weighted by Gasteiger charge is -2.20. The number of benzene rings is 1. The minimum Gasteiger partial charge on any atom is -0.285 e. The second-order valence-corrected chi connectivity index (χ2v) is 2.62. The van der Waals surface area contributed by atoms with Crippen LogP contribution in [0.25, 0.3) is 0 Å². The largest absolute Gasteiger partial charge is 0.285 e. The van der Waals surface area contributed by atoms with Crippen LogP contribution >= 0.6 is 0 Å². The number of hydrogen-bond donors (Lipinski definition) is 2. The molecule has 66 valence electrons. The molecule has 0 unspecified atom stereocenters. The monoisotopic (exact) mass is 167 g/mol. The fourth-order valence-corrected chi connectivity index (χ4v) is 0.920. The maximum absolute atomic E-state index is 8.82. The molecule has 0 heterocycles. The Morgan fingerprint density at radius 2 is 1.92 bits per heavy atom. The van der Waals surface area contributed by atoms with Crippen LogP contribution in [-0.2, 0) is 6.54 Å². The minimum absolute atomic E-state index is 0.576. The van der Waals surface area contributed by atoms with E-state index >= 15 is 0 Å². The standard InChI is InChI=1S/C8H13N3O/c1-10(11(9)12)7-8-5-3-2-4-6-8/h2-6,12H,7,9H2,1H3. The van der Waals surface area contributed by atoms with Crippen molar-refractivity contribution in [3.05, 3.63) is 35.9 Å². The predicted molar refractivity (Wildman–Crippen MR) is 45.7 cm³/mol. The number of hydrogen-bond acceptors (Lipinski definition) is 4. The first-order valence-corrected chi connectivity index (χ1v) is 3.69. The molecule has 0 aliphatic carbocycles. The van der Waals surface area contributed by atoms with E-state index in [2.05, 4.69) is 0 Å². The maximum atomic E-state index is 8.82. The number of nitrogens with zero attached hydrogens (tertiary/aromatic N) is 2. The normalized spacial score (nSPS) is 11.1. The second-order valence-electron chi connectivity index (χ2n) is 2.62. The van der Waals surface area contributed by atoms with E-state index in [1.54, 1.807) is 7.05 Å². The lowest BCUT2D eigenvalue weighted by molar-refractivity contribution is -0.243. The fraction of sp³-hybridized carbons (Fsp3) is 0.250. The Hall–Kier alpha value is -0.940. The van der Waals surface area contributed by atoms with E-state index in [1.165, 1.54) is 5.01 Å². The topological polar surface area (TPSA) is 52.7 Å². The third kappa shape index (κ3) is 2.60. The van der Waals surface area contributed by atoms with Crippen molar-refractivity contribution in [2.45, 2.75) is 6.54 Å². The molecular weight excluding hydrogens is 154 g/mol. The molecule has 0 bridgehead atoms. The Labute approximate surface area is 71.7 Å². The average molecular weight is 167 g/mol. The lowest BCUT2D eigenvalue weighted by atomic mass is 10.2. The van der Waals surface area contributed by atoms with Crippen LogP contribution in [0.1, 0.15) is 5.56 Å². The van der Waals surface area contributed by atoms with Gasteiger partial charge in [-0.15, -0.1) is 0 Å². The Bertz CT molecular complexity index is 225. The van der Waals surface area contributed by atoms with Crippen molar-refractivity contribution in [3.8, 4) is 0 Å². The van der Waals surface area contributed by atoms with Crippen LogP contribution in [0.5, 0.6) is 0 Å². The zero-order chi connectivity index (χ0) is 8.97. The Kier molecular flexibility index (Phi) is 3.19. The molecule has 0 aliphatic heterocycles. The van der Waals surface area contributed by atoms with Crippen molar-refractivity contribution in [2.24, 2.45) is 5.84 Å². The molecule has 0 saturated carbocycles. The van der Waals surface area contributed by atoms with E-state index in [0.29, 0.717) is 11.8 Å². The van der Waals surface area contributed by atoms with E-state index in [1.807, 2.05) is 30.3 Å². The number of nitrogens with two attached hydrogens (primary N) is 1. The summed E-state index contributed by atoms with van der Waals surface area (Å²) in [5.74, 6) is 5.10. The van der Waals surface area contributed by atoms with Crippen LogP contribution in [-0.4, -0.2) is 22.5 Å². The molecule has 0 saturated heterocycles. The summed E-state index contributed by atoms with van der Waals surface area (Å²) in [5.41, 5.74) is 1.10. The van der Waals surface area contributed by atoms with Crippen LogP contribution in [0.4, 0.5) is 0 Å². The Morgan fingerprint density at radius 1 is 1.33 bits per heavy atom.